The number of hydrogen-bond donors (Lipinski definition) is 1. The quantitative estimate of drug-likeness (QED) is 0.942. The van der Waals surface area contributed by atoms with E-state index in [1.54, 1.807) is 0 Å². The number of nitrogens with one attached hydrogen (secondary N) is 1. The lowest BCUT2D eigenvalue weighted by Crippen LogP contribution is -2.25. The van der Waals surface area contributed by atoms with Crippen LogP contribution < -0.4 is 10.2 Å². The summed E-state index contributed by atoms with van der Waals surface area (Å²) in [6, 6.07) is 18.8. The van der Waals surface area contributed by atoms with Gasteiger partial charge in [0, 0.05) is 18.4 Å². The van der Waals surface area contributed by atoms with Crippen LogP contribution in [0.5, 0.6) is 0 Å². The molecule has 0 spiro atoms. The van der Waals surface area contributed by atoms with Crippen LogP contribution in [0, 0.1) is 6.07 Å². The number of imide groups is 1. The summed E-state index contributed by atoms with van der Waals surface area (Å²) in [5.41, 5.74) is 3.19. The summed E-state index contributed by atoms with van der Waals surface area (Å²) in [6.45, 7) is 0. The zero-order valence-electron chi connectivity index (χ0n) is 12.1. The van der Waals surface area contributed by atoms with Crippen molar-refractivity contribution in [3.63, 3.8) is 0 Å². The highest BCUT2D eigenvalue weighted by Crippen LogP contribution is 2.26. The molecule has 4 nitrogen and oxygen atoms in total. The highest BCUT2D eigenvalue weighted by Gasteiger charge is 2.31. The van der Waals surface area contributed by atoms with Gasteiger partial charge in [-0.3, -0.25) is 14.9 Å². The van der Waals surface area contributed by atoms with E-state index in [0.717, 1.165) is 28.7 Å². The predicted molar refractivity (Wildman–Crippen MR) is 88.4 cm³/mol. The lowest BCUT2D eigenvalue weighted by molar-refractivity contribution is -0.118. The zero-order chi connectivity index (χ0) is 15.5. The summed E-state index contributed by atoms with van der Waals surface area (Å²) in [4.78, 5) is 24.8. The SMILES string of the molecule is CN(c1cc[c]cc1)c1ccc(CC2SC(=O)NC2=O)cc1. The Morgan fingerprint density at radius 2 is 1.73 bits per heavy atom. The molecular weight excluding hydrogens is 296 g/mol. The maximum absolute atomic E-state index is 11.6. The summed E-state index contributed by atoms with van der Waals surface area (Å²) in [6.07, 6.45) is 0.562. The van der Waals surface area contributed by atoms with Gasteiger partial charge in [0.2, 0.25) is 5.91 Å². The first-order chi connectivity index (χ1) is 10.6. The second-order valence-electron chi connectivity index (χ2n) is 5.07. The number of carbonyl (C=O) groups is 2. The number of thioether (sulfide) groups is 1. The van der Waals surface area contributed by atoms with E-state index in [0.29, 0.717) is 6.42 Å². The maximum Gasteiger partial charge on any atom is 0.286 e. The van der Waals surface area contributed by atoms with Crippen LogP contribution in [0.4, 0.5) is 16.2 Å². The van der Waals surface area contributed by atoms with E-state index >= 15 is 0 Å². The molecule has 1 N–H and O–H groups in total. The monoisotopic (exact) mass is 311 g/mol. The number of carbonyl (C=O) groups excluding carboxylic acids is 2. The lowest BCUT2D eigenvalue weighted by atomic mass is 10.1. The molecule has 1 fully saturated rings. The molecular formula is C17H15N2O2S. The normalized spacial score (nSPS) is 17.4. The molecule has 2 amide bonds. The second-order valence-corrected chi connectivity index (χ2v) is 6.25. The molecule has 1 radical (unpaired) electrons. The lowest BCUT2D eigenvalue weighted by Gasteiger charge is -2.19. The van der Waals surface area contributed by atoms with Crippen molar-refractivity contribution in [2.24, 2.45) is 0 Å². The van der Waals surface area contributed by atoms with Gasteiger partial charge in [-0.1, -0.05) is 36.0 Å². The van der Waals surface area contributed by atoms with E-state index in [2.05, 4.69) is 16.3 Å². The molecule has 0 aromatic heterocycles. The molecule has 1 aliphatic rings. The smallest absolute Gasteiger partial charge is 0.286 e. The minimum absolute atomic E-state index is 0.197. The Kier molecular flexibility index (Phi) is 4.15. The van der Waals surface area contributed by atoms with Crippen LogP contribution in [0.2, 0.25) is 0 Å². The molecule has 111 valence electrons. The Bertz CT molecular complexity index is 686. The summed E-state index contributed by atoms with van der Waals surface area (Å²) in [5, 5.41) is 1.74. The van der Waals surface area contributed by atoms with E-state index in [1.807, 2.05) is 55.6 Å². The molecule has 5 heteroatoms. The molecule has 3 rings (SSSR count). The third kappa shape index (κ3) is 3.14. The predicted octanol–water partition coefficient (Wildman–Crippen LogP) is 3.15. The van der Waals surface area contributed by atoms with Gasteiger partial charge in [0.05, 0.1) is 5.25 Å². The Hall–Kier alpha value is -2.27. The van der Waals surface area contributed by atoms with Crippen molar-refractivity contribution >= 4 is 34.3 Å². The first kappa shape index (κ1) is 14.7. The summed E-state index contributed by atoms with van der Waals surface area (Å²) in [7, 11) is 2.00. The van der Waals surface area contributed by atoms with Crippen LogP contribution in [0.1, 0.15) is 5.56 Å². The fourth-order valence-corrected chi connectivity index (χ4v) is 3.21. The van der Waals surface area contributed by atoms with Gasteiger partial charge in [-0.25, -0.2) is 0 Å². The van der Waals surface area contributed by atoms with E-state index < -0.39 is 0 Å². The largest absolute Gasteiger partial charge is 0.345 e. The van der Waals surface area contributed by atoms with E-state index in [9.17, 15) is 9.59 Å². The van der Waals surface area contributed by atoms with Crippen molar-refractivity contribution in [3.8, 4) is 0 Å². The average molecular weight is 311 g/mol. The third-order valence-corrected chi connectivity index (χ3v) is 4.58. The van der Waals surface area contributed by atoms with Crippen molar-refractivity contribution in [2.45, 2.75) is 11.7 Å². The Balaban J connectivity index is 1.70. The second kappa shape index (κ2) is 6.23. The van der Waals surface area contributed by atoms with E-state index in [4.69, 9.17) is 0 Å². The van der Waals surface area contributed by atoms with Crippen LogP contribution in [-0.2, 0) is 11.2 Å². The molecule has 0 bridgehead atoms. The molecule has 0 saturated carbocycles. The van der Waals surface area contributed by atoms with E-state index in [1.165, 1.54) is 0 Å². The van der Waals surface area contributed by atoms with Gasteiger partial charge in [0.25, 0.3) is 5.24 Å². The topological polar surface area (TPSA) is 49.4 Å². The summed E-state index contributed by atoms with van der Waals surface area (Å²) in [5.74, 6) is -0.197. The summed E-state index contributed by atoms with van der Waals surface area (Å²) >= 11 is 1.06. The third-order valence-electron chi connectivity index (χ3n) is 3.60. The first-order valence-electron chi connectivity index (χ1n) is 6.94. The van der Waals surface area contributed by atoms with Crippen LogP contribution in [0.25, 0.3) is 0 Å². The molecule has 1 saturated heterocycles. The standard InChI is InChI=1S/C17H15N2O2S/c1-19(13-5-3-2-4-6-13)14-9-7-12(8-10-14)11-15-16(20)18-17(21)22-15/h3-10,15H,11H2,1H3,(H,18,20,21). The molecule has 1 heterocycles. The summed E-state index contributed by atoms with van der Waals surface area (Å²) < 4.78 is 0. The van der Waals surface area contributed by atoms with Crippen LogP contribution in [0.15, 0.2) is 48.5 Å². The first-order valence-corrected chi connectivity index (χ1v) is 7.82. The van der Waals surface area contributed by atoms with Crippen LogP contribution in [-0.4, -0.2) is 23.4 Å². The minimum Gasteiger partial charge on any atom is -0.345 e. The molecule has 2 aromatic rings. The van der Waals surface area contributed by atoms with Crippen molar-refractivity contribution < 1.29 is 9.59 Å². The minimum atomic E-state index is -0.319. The maximum atomic E-state index is 11.6. The molecule has 1 aliphatic heterocycles. The highest BCUT2D eigenvalue weighted by molar-refractivity contribution is 8.15. The van der Waals surface area contributed by atoms with Gasteiger partial charge in [-0.2, -0.15) is 0 Å². The van der Waals surface area contributed by atoms with Crippen LogP contribution >= 0.6 is 11.8 Å². The van der Waals surface area contributed by atoms with Crippen LogP contribution in [0.3, 0.4) is 0 Å². The average Bonchev–Trinajstić information content (AvgIpc) is 2.86. The Morgan fingerprint density at radius 3 is 2.32 bits per heavy atom. The molecule has 0 aliphatic carbocycles. The molecule has 1 unspecified atom stereocenters. The number of benzene rings is 2. The van der Waals surface area contributed by atoms with Crippen molar-refractivity contribution in [2.75, 3.05) is 11.9 Å². The van der Waals surface area contributed by atoms with Crippen molar-refractivity contribution in [3.05, 3.63) is 60.2 Å². The van der Waals surface area contributed by atoms with Gasteiger partial charge in [-0.05, 0) is 42.3 Å². The Labute approximate surface area is 133 Å². The van der Waals surface area contributed by atoms with Gasteiger partial charge in [0.1, 0.15) is 0 Å². The number of nitrogens with zero attached hydrogens (tertiary/aromatic N) is 1. The van der Waals surface area contributed by atoms with Crippen molar-refractivity contribution in [1.29, 1.82) is 0 Å². The number of anilines is 2. The highest BCUT2D eigenvalue weighted by atomic mass is 32.2. The van der Waals surface area contributed by atoms with Gasteiger partial charge < -0.3 is 4.90 Å². The van der Waals surface area contributed by atoms with Crippen molar-refractivity contribution in [1.82, 2.24) is 5.32 Å². The van der Waals surface area contributed by atoms with Gasteiger partial charge in [0.15, 0.2) is 0 Å². The molecule has 1 atom stereocenters. The van der Waals surface area contributed by atoms with E-state index in [-0.39, 0.29) is 16.4 Å². The fourth-order valence-electron chi connectivity index (χ4n) is 2.35. The number of hydrogen-bond acceptors (Lipinski definition) is 4. The number of amides is 2. The van der Waals surface area contributed by atoms with Gasteiger partial charge in [-0.15, -0.1) is 0 Å². The Morgan fingerprint density at radius 1 is 1.09 bits per heavy atom. The fraction of sp³-hybridized carbons (Fsp3) is 0.176. The van der Waals surface area contributed by atoms with Gasteiger partial charge >= 0.3 is 0 Å². The number of rotatable bonds is 4. The molecule has 2 aromatic carbocycles. The zero-order valence-corrected chi connectivity index (χ0v) is 12.9. The molecule has 22 heavy (non-hydrogen) atoms.